The van der Waals surface area contributed by atoms with Crippen molar-refractivity contribution in [2.24, 2.45) is 5.92 Å². The van der Waals surface area contributed by atoms with E-state index in [9.17, 15) is 13.2 Å². The maximum absolute atomic E-state index is 14.8. The maximum Gasteiger partial charge on any atom is 0.166 e. The Morgan fingerprint density at radius 3 is 2.27 bits per heavy atom. The lowest BCUT2D eigenvalue weighted by Gasteiger charge is -2.22. The summed E-state index contributed by atoms with van der Waals surface area (Å²) in [5.41, 5.74) is 5.29. The number of hydrogen-bond acceptors (Lipinski definition) is 0. The summed E-state index contributed by atoms with van der Waals surface area (Å²) in [5, 5.41) is 0. The van der Waals surface area contributed by atoms with Gasteiger partial charge in [-0.25, -0.2) is 13.2 Å². The van der Waals surface area contributed by atoms with Gasteiger partial charge in [0.2, 0.25) is 0 Å². The molecule has 1 atom stereocenters. The van der Waals surface area contributed by atoms with E-state index in [0.29, 0.717) is 34.6 Å². The largest absolute Gasteiger partial charge is 0.206 e. The SMILES string of the molecule is CCCc1ccc(-c2ccc(CCC3CC=C(c4ccc(C)cc4F)CC3)c(F)c2F)cc1. The van der Waals surface area contributed by atoms with Crippen molar-refractivity contribution in [1.82, 2.24) is 0 Å². The van der Waals surface area contributed by atoms with Crippen LogP contribution in [0.15, 0.2) is 60.7 Å². The quantitative estimate of drug-likeness (QED) is 0.339. The van der Waals surface area contributed by atoms with Gasteiger partial charge in [-0.3, -0.25) is 0 Å². The van der Waals surface area contributed by atoms with E-state index >= 15 is 0 Å². The summed E-state index contributed by atoms with van der Waals surface area (Å²) < 4.78 is 44.0. The van der Waals surface area contributed by atoms with Crippen molar-refractivity contribution in [3.63, 3.8) is 0 Å². The normalized spacial score (nSPS) is 16.0. The van der Waals surface area contributed by atoms with Crippen molar-refractivity contribution in [1.29, 1.82) is 0 Å². The lowest BCUT2D eigenvalue weighted by atomic mass is 9.83. The van der Waals surface area contributed by atoms with E-state index in [1.807, 2.05) is 43.3 Å². The van der Waals surface area contributed by atoms with E-state index in [1.54, 1.807) is 18.2 Å². The molecule has 0 nitrogen and oxygen atoms in total. The van der Waals surface area contributed by atoms with Crippen molar-refractivity contribution in [2.45, 2.75) is 58.8 Å². The van der Waals surface area contributed by atoms with Crippen LogP contribution in [0.25, 0.3) is 16.7 Å². The molecule has 3 aromatic rings. The van der Waals surface area contributed by atoms with Gasteiger partial charge in [-0.2, -0.15) is 0 Å². The summed E-state index contributed by atoms with van der Waals surface area (Å²) in [6.45, 7) is 4.00. The van der Waals surface area contributed by atoms with E-state index in [4.69, 9.17) is 0 Å². The first-order valence-electron chi connectivity index (χ1n) is 12.0. The van der Waals surface area contributed by atoms with Crippen molar-refractivity contribution in [3.05, 3.63) is 100 Å². The second-order valence-corrected chi connectivity index (χ2v) is 9.24. The minimum Gasteiger partial charge on any atom is -0.206 e. The predicted octanol–water partition coefficient (Wildman–Crippen LogP) is 8.85. The zero-order valence-corrected chi connectivity index (χ0v) is 19.4. The van der Waals surface area contributed by atoms with Crippen LogP contribution in [0.2, 0.25) is 0 Å². The standard InChI is InChI=1S/C30H31F3/c1-3-4-21-6-13-24(14-7-21)27-18-16-25(29(32)30(27)33)15-10-22-8-11-23(12-9-22)26-17-5-20(2)19-28(26)31/h5-7,11,13-14,16-19,22H,3-4,8-10,12,15H2,1-2H3. The average Bonchev–Trinajstić information content (AvgIpc) is 2.81. The Morgan fingerprint density at radius 2 is 1.61 bits per heavy atom. The molecule has 1 aliphatic rings. The smallest absolute Gasteiger partial charge is 0.166 e. The maximum atomic E-state index is 14.8. The van der Waals surface area contributed by atoms with Crippen molar-refractivity contribution >= 4 is 5.57 Å². The van der Waals surface area contributed by atoms with Crippen molar-refractivity contribution in [3.8, 4) is 11.1 Å². The minimum absolute atomic E-state index is 0.169. The fourth-order valence-electron chi connectivity index (χ4n) is 4.78. The first kappa shape index (κ1) is 23.4. The summed E-state index contributed by atoms with van der Waals surface area (Å²) in [5.74, 6) is -1.27. The summed E-state index contributed by atoms with van der Waals surface area (Å²) >= 11 is 0. The van der Waals surface area contributed by atoms with Crippen LogP contribution >= 0.6 is 0 Å². The zero-order valence-electron chi connectivity index (χ0n) is 19.4. The average molecular weight is 449 g/mol. The van der Waals surface area contributed by atoms with Gasteiger partial charge >= 0.3 is 0 Å². The third-order valence-corrected chi connectivity index (χ3v) is 6.78. The molecular formula is C30H31F3. The number of rotatable bonds is 7. The predicted molar refractivity (Wildman–Crippen MR) is 131 cm³/mol. The molecule has 33 heavy (non-hydrogen) atoms. The van der Waals surface area contributed by atoms with E-state index < -0.39 is 11.6 Å². The van der Waals surface area contributed by atoms with Gasteiger partial charge in [0, 0.05) is 11.1 Å². The fraction of sp³-hybridized carbons (Fsp3) is 0.333. The van der Waals surface area contributed by atoms with E-state index in [1.165, 1.54) is 5.56 Å². The lowest BCUT2D eigenvalue weighted by Crippen LogP contribution is -2.08. The van der Waals surface area contributed by atoms with Gasteiger partial charge in [0.15, 0.2) is 11.6 Å². The molecular weight excluding hydrogens is 417 g/mol. The summed E-state index contributed by atoms with van der Waals surface area (Å²) in [4.78, 5) is 0. The van der Waals surface area contributed by atoms with Gasteiger partial charge in [0.05, 0.1) is 0 Å². The van der Waals surface area contributed by atoms with Crippen LogP contribution < -0.4 is 0 Å². The number of hydrogen-bond donors (Lipinski definition) is 0. The van der Waals surface area contributed by atoms with Crippen molar-refractivity contribution < 1.29 is 13.2 Å². The van der Waals surface area contributed by atoms with Crippen LogP contribution in [0.3, 0.4) is 0 Å². The zero-order chi connectivity index (χ0) is 23.4. The number of allylic oxidation sites excluding steroid dienone is 2. The van der Waals surface area contributed by atoms with Crippen LogP contribution in [0.1, 0.15) is 61.3 Å². The second-order valence-electron chi connectivity index (χ2n) is 9.24. The third-order valence-electron chi connectivity index (χ3n) is 6.78. The van der Waals surface area contributed by atoms with Gasteiger partial charge in [-0.15, -0.1) is 0 Å². The molecule has 0 radical (unpaired) electrons. The number of aryl methyl sites for hydroxylation is 3. The molecule has 0 saturated carbocycles. The molecule has 172 valence electrons. The lowest BCUT2D eigenvalue weighted by molar-refractivity contribution is 0.439. The topological polar surface area (TPSA) is 0 Å². The minimum atomic E-state index is -0.767. The van der Waals surface area contributed by atoms with Gasteiger partial charge in [0.1, 0.15) is 5.82 Å². The van der Waals surface area contributed by atoms with Crippen LogP contribution in [0.4, 0.5) is 13.2 Å². The summed E-state index contributed by atoms with van der Waals surface area (Å²) in [6.07, 6.45) is 8.04. The molecule has 0 amide bonds. The molecule has 0 fully saturated rings. The highest BCUT2D eigenvalue weighted by atomic mass is 19.2. The third kappa shape index (κ3) is 5.40. The second kappa shape index (κ2) is 10.4. The van der Waals surface area contributed by atoms with Gasteiger partial charge in [-0.1, -0.05) is 68.0 Å². The van der Waals surface area contributed by atoms with Crippen LogP contribution in [0.5, 0.6) is 0 Å². The van der Waals surface area contributed by atoms with Crippen LogP contribution in [-0.2, 0) is 12.8 Å². The van der Waals surface area contributed by atoms with Crippen molar-refractivity contribution in [2.75, 3.05) is 0 Å². The Bertz CT molecular complexity index is 1140. The van der Waals surface area contributed by atoms with Gasteiger partial charge in [-0.05, 0) is 85.3 Å². The van der Waals surface area contributed by atoms with E-state index in [2.05, 4.69) is 13.0 Å². The molecule has 0 N–H and O–H groups in total. The fourth-order valence-corrected chi connectivity index (χ4v) is 4.78. The monoisotopic (exact) mass is 448 g/mol. The molecule has 1 unspecified atom stereocenters. The molecule has 0 heterocycles. The van der Waals surface area contributed by atoms with E-state index in [-0.39, 0.29) is 5.82 Å². The number of benzene rings is 3. The Balaban J connectivity index is 1.40. The molecule has 0 spiro atoms. The molecule has 0 aliphatic heterocycles. The highest BCUT2D eigenvalue weighted by molar-refractivity contribution is 5.67. The van der Waals surface area contributed by atoms with Gasteiger partial charge in [0.25, 0.3) is 0 Å². The Kier molecular flexibility index (Phi) is 7.37. The summed E-state index contributed by atoms with van der Waals surface area (Å²) in [6, 6.07) is 16.5. The molecule has 1 aliphatic carbocycles. The number of halogens is 3. The Morgan fingerprint density at radius 1 is 0.848 bits per heavy atom. The molecule has 4 rings (SSSR count). The first-order chi connectivity index (χ1) is 16.0. The Hall–Kier alpha value is -2.81. The van der Waals surface area contributed by atoms with Gasteiger partial charge < -0.3 is 0 Å². The molecule has 0 bridgehead atoms. The van der Waals surface area contributed by atoms with Crippen LogP contribution in [-0.4, -0.2) is 0 Å². The highest BCUT2D eigenvalue weighted by Crippen LogP contribution is 2.34. The molecule has 3 heteroatoms. The molecule has 3 aromatic carbocycles. The highest BCUT2D eigenvalue weighted by Gasteiger charge is 2.20. The Labute approximate surface area is 195 Å². The molecule has 0 saturated heterocycles. The van der Waals surface area contributed by atoms with Crippen LogP contribution in [0, 0.1) is 30.3 Å². The first-order valence-corrected chi connectivity index (χ1v) is 12.0. The summed E-state index contributed by atoms with van der Waals surface area (Å²) in [7, 11) is 0. The van der Waals surface area contributed by atoms with E-state index in [0.717, 1.165) is 49.7 Å². The molecule has 0 aromatic heterocycles.